The van der Waals surface area contributed by atoms with Crippen LogP contribution in [0.25, 0.3) is 0 Å². The lowest BCUT2D eigenvalue weighted by atomic mass is 9.98. The van der Waals surface area contributed by atoms with Gasteiger partial charge in [-0.1, -0.05) is 13.8 Å². The summed E-state index contributed by atoms with van der Waals surface area (Å²) in [6.07, 6.45) is 3.60. The van der Waals surface area contributed by atoms with Gasteiger partial charge in [-0.05, 0) is 42.7 Å². The summed E-state index contributed by atoms with van der Waals surface area (Å²) in [4.78, 5) is 26.9. The molecule has 2 aliphatic rings. The van der Waals surface area contributed by atoms with E-state index in [2.05, 4.69) is 5.32 Å². The highest BCUT2D eigenvalue weighted by atomic mass is 16.3. The molecule has 3 N–H and O–H groups in total. The number of hydrogen-bond acceptors (Lipinski definition) is 4. The average Bonchev–Trinajstić information content (AvgIpc) is 3.22. The third kappa shape index (κ3) is 3.13. The normalized spacial score (nSPS) is 28.0. The molecule has 1 aromatic rings. The molecule has 1 aliphatic carbocycles. The summed E-state index contributed by atoms with van der Waals surface area (Å²) < 4.78 is 5.10. The SMILES string of the molecule is CC(C)C(NC(=O)c1ccco1)C(=O)N1CC2CCC(N)C2C1. The number of rotatable bonds is 4. The van der Waals surface area contributed by atoms with Gasteiger partial charge in [0.15, 0.2) is 5.76 Å². The molecule has 2 fully saturated rings. The number of furan rings is 1. The van der Waals surface area contributed by atoms with Crippen LogP contribution in [0.2, 0.25) is 0 Å². The van der Waals surface area contributed by atoms with Crippen LogP contribution in [-0.2, 0) is 4.79 Å². The van der Waals surface area contributed by atoms with Crippen molar-refractivity contribution in [3.63, 3.8) is 0 Å². The van der Waals surface area contributed by atoms with Crippen molar-refractivity contribution in [2.75, 3.05) is 13.1 Å². The third-order valence-electron chi connectivity index (χ3n) is 5.19. The van der Waals surface area contributed by atoms with E-state index < -0.39 is 6.04 Å². The zero-order chi connectivity index (χ0) is 16.6. The number of likely N-dealkylation sites (tertiary alicyclic amines) is 1. The molecule has 3 rings (SSSR count). The number of fused-ring (bicyclic) bond motifs is 1. The molecule has 0 spiro atoms. The van der Waals surface area contributed by atoms with E-state index in [-0.39, 0.29) is 29.5 Å². The molecule has 1 saturated heterocycles. The fourth-order valence-corrected chi connectivity index (χ4v) is 3.82. The molecule has 2 heterocycles. The second kappa shape index (κ2) is 6.35. The van der Waals surface area contributed by atoms with Gasteiger partial charge >= 0.3 is 0 Å². The molecular weight excluding hydrogens is 294 g/mol. The van der Waals surface area contributed by atoms with Crippen LogP contribution >= 0.6 is 0 Å². The number of nitrogens with one attached hydrogen (secondary N) is 1. The molecule has 0 radical (unpaired) electrons. The first-order valence-corrected chi connectivity index (χ1v) is 8.36. The van der Waals surface area contributed by atoms with Gasteiger partial charge in [-0.2, -0.15) is 0 Å². The number of hydrogen-bond donors (Lipinski definition) is 2. The minimum absolute atomic E-state index is 0.00975. The van der Waals surface area contributed by atoms with Crippen LogP contribution in [0.1, 0.15) is 37.2 Å². The van der Waals surface area contributed by atoms with Crippen LogP contribution in [0.5, 0.6) is 0 Å². The van der Waals surface area contributed by atoms with Gasteiger partial charge in [-0.25, -0.2) is 0 Å². The summed E-state index contributed by atoms with van der Waals surface area (Å²) in [7, 11) is 0. The van der Waals surface area contributed by atoms with E-state index in [1.807, 2.05) is 18.7 Å². The second-order valence-electron chi connectivity index (χ2n) is 7.08. The van der Waals surface area contributed by atoms with E-state index in [9.17, 15) is 9.59 Å². The van der Waals surface area contributed by atoms with Crippen LogP contribution in [-0.4, -0.2) is 41.9 Å². The molecule has 6 heteroatoms. The minimum atomic E-state index is -0.539. The summed E-state index contributed by atoms with van der Waals surface area (Å²) in [5.41, 5.74) is 6.14. The molecule has 4 unspecified atom stereocenters. The van der Waals surface area contributed by atoms with E-state index in [4.69, 9.17) is 10.2 Å². The van der Waals surface area contributed by atoms with E-state index >= 15 is 0 Å². The number of carbonyl (C=O) groups excluding carboxylic acids is 2. The first kappa shape index (κ1) is 16.1. The monoisotopic (exact) mass is 319 g/mol. The van der Waals surface area contributed by atoms with Crippen LogP contribution in [0.3, 0.4) is 0 Å². The lowest BCUT2D eigenvalue weighted by molar-refractivity contribution is -0.133. The highest BCUT2D eigenvalue weighted by molar-refractivity contribution is 5.95. The first-order valence-electron chi connectivity index (χ1n) is 8.36. The molecule has 1 aliphatic heterocycles. The summed E-state index contributed by atoms with van der Waals surface area (Å²) in [6, 6.07) is 2.91. The lowest BCUT2D eigenvalue weighted by Crippen LogP contribution is -2.51. The summed E-state index contributed by atoms with van der Waals surface area (Å²) in [6.45, 7) is 5.35. The van der Waals surface area contributed by atoms with Gasteiger partial charge in [0.1, 0.15) is 6.04 Å². The fraction of sp³-hybridized carbons (Fsp3) is 0.647. The average molecular weight is 319 g/mol. The van der Waals surface area contributed by atoms with Gasteiger partial charge in [0.2, 0.25) is 5.91 Å². The number of amides is 2. The Kier molecular flexibility index (Phi) is 4.43. The number of nitrogens with two attached hydrogens (primary N) is 1. The zero-order valence-electron chi connectivity index (χ0n) is 13.7. The van der Waals surface area contributed by atoms with Crippen molar-refractivity contribution in [2.24, 2.45) is 23.5 Å². The Morgan fingerprint density at radius 1 is 1.35 bits per heavy atom. The zero-order valence-corrected chi connectivity index (χ0v) is 13.7. The van der Waals surface area contributed by atoms with Gasteiger partial charge in [0, 0.05) is 19.1 Å². The maximum atomic E-state index is 12.9. The standard InChI is InChI=1S/C17H25N3O3/c1-10(2)15(19-16(21)14-4-3-7-23-14)17(22)20-8-11-5-6-13(18)12(11)9-20/h3-4,7,10-13,15H,5-6,8-9,18H2,1-2H3,(H,19,21). The summed E-state index contributed by atoms with van der Waals surface area (Å²) in [5, 5.41) is 2.82. The van der Waals surface area contributed by atoms with Crippen LogP contribution < -0.4 is 11.1 Å². The Labute approximate surface area is 136 Å². The molecule has 2 amide bonds. The predicted molar refractivity (Wildman–Crippen MR) is 85.6 cm³/mol. The Morgan fingerprint density at radius 3 is 2.74 bits per heavy atom. The molecule has 1 saturated carbocycles. The van der Waals surface area contributed by atoms with Gasteiger partial charge in [-0.3, -0.25) is 9.59 Å². The summed E-state index contributed by atoms with van der Waals surface area (Å²) >= 11 is 0. The van der Waals surface area contributed by atoms with Gasteiger partial charge in [0.05, 0.1) is 6.26 Å². The van der Waals surface area contributed by atoms with Crippen molar-refractivity contribution in [1.82, 2.24) is 10.2 Å². The minimum Gasteiger partial charge on any atom is -0.459 e. The van der Waals surface area contributed by atoms with Gasteiger partial charge in [-0.15, -0.1) is 0 Å². The Bertz CT molecular complexity index is 570. The number of carbonyl (C=O) groups is 2. The fourth-order valence-electron chi connectivity index (χ4n) is 3.82. The first-order chi connectivity index (χ1) is 11.0. The Hall–Kier alpha value is -1.82. The Balaban J connectivity index is 1.67. The molecule has 1 aromatic heterocycles. The number of nitrogens with zero attached hydrogens (tertiary/aromatic N) is 1. The van der Waals surface area contributed by atoms with Crippen molar-refractivity contribution in [2.45, 2.75) is 38.8 Å². The topological polar surface area (TPSA) is 88.6 Å². The van der Waals surface area contributed by atoms with Crippen molar-refractivity contribution in [1.29, 1.82) is 0 Å². The van der Waals surface area contributed by atoms with Crippen LogP contribution in [0, 0.1) is 17.8 Å². The predicted octanol–water partition coefficient (Wildman–Crippen LogP) is 1.23. The van der Waals surface area contributed by atoms with Gasteiger partial charge < -0.3 is 20.4 Å². The van der Waals surface area contributed by atoms with Crippen LogP contribution in [0.15, 0.2) is 22.8 Å². The van der Waals surface area contributed by atoms with E-state index in [1.165, 1.54) is 6.26 Å². The molecule has 6 nitrogen and oxygen atoms in total. The lowest BCUT2D eigenvalue weighted by Gasteiger charge is -2.27. The highest BCUT2D eigenvalue weighted by Gasteiger charge is 2.44. The van der Waals surface area contributed by atoms with Crippen molar-refractivity contribution < 1.29 is 14.0 Å². The van der Waals surface area contributed by atoms with E-state index in [1.54, 1.807) is 12.1 Å². The van der Waals surface area contributed by atoms with E-state index in [0.717, 1.165) is 19.4 Å². The molecule has 4 atom stereocenters. The maximum absolute atomic E-state index is 12.9. The van der Waals surface area contributed by atoms with Crippen molar-refractivity contribution >= 4 is 11.8 Å². The molecule has 23 heavy (non-hydrogen) atoms. The maximum Gasteiger partial charge on any atom is 0.287 e. The van der Waals surface area contributed by atoms with Crippen LogP contribution in [0.4, 0.5) is 0 Å². The highest BCUT2D eigenvalue weighted by Crippen LogP contribution is 2.37. The van der Waals surface area contributed by atoms with Gasteiger partial charge in [0.25, 0.3) is 5.91 Å². The Morgan fingerprint density at radius 2 is 2.13 bits per heavy atom. The molecular formula is C17H25N3O3. The van der Waals surface area contributed by atoms with Crippen molar-refractivity contribution in [3.05, 3.63) is 24.2 Å². The smallest absolute Gasteiger partial charge is 0.287 e. The molecule has 0 aromatic carbocycles. The van der Waals surface area contributed by atoms with E-state index in [0.29, 0.717) is 18.4 Å². The third-order valence-corrected chi connectivity index (χ3v) is 5.19. The molecule has 0 bridgehead atoms. The molecule has 126 valence electrons. The largest absolute Gasteiger partial charge is 0.459 e. The quantitative estimate of drug-likeness (QED) is 0.873. The summed E-state index contributed by atoms with van der Waals surface area (Å²) in [5.74, 6) is 0.800. The van der Waals surface area contributed by atoms with Crippen molar-refractivity contribution in [3.8, 4) is 0 Å². The second-order valence-corrected chi connectivity index (χ2v) is 7.08.